The fraction of sp³-hybridized carbons (Fsp3) is 0.450. The summed E-state index contributed by atoms with van der Waals surface area (Å²) in [5.74, 6) is 1.47. The smallest absolute Gasteiger partial charge is 0.252 e. The summed E-state index contributed by atoms with van der Waals surface area (Å²) in [6, 6.07) is 4.09. The van der Waals surface area contributed by atoms with E-state index in [0.717, 1.165) is 22.5 Å². The first-order chi connectivity index (χ1) is 12.8. The molecule has 3 heterocycles. The zero-order valence-electron chi connectivity index (χ0n) is 16.8. The Morgan fingerprint density at radius 2 is 2.00 bits per heavy atom. The van der Waals surface area contributed by atoms with E-state index in [9.17, 15) is 4.79 Å². The summed E-state index contributed by atoms with van der Waals surface area (Å²) in [4.78, 5) is 17.7. The van der Waals surface area contributed by atoms with Crippen molar-refractivity contribution in [3.8, 4) is 11.3 Å². The van der Waals surface area contributed by atoms with E-state index in [1.165, 1.54) is 0 Å². The molecule has 0 aliphatic heterocycles. The Morgan fingerprint density at radius 3 is 2.59 bits per heavy atom. The van der Waals surface area contributed by atoms with E-state index in [-0.39, 0.29) is 18.0 Å². The number of fused-ring (bicyclic) bond motifs is 1. The summed E-state index contributed by atoms with van der Waals surface area (Å²) in [6.45, 7) is 10.5. The monoisotopic (exact) mass is 369 g/mol. The second kappa shape index (κ2) is 7.52. The van der Waals surface area contributed by atoms with Gasteiger partial charge < -0.3 is 15.1 Å². The number of nitrogens with zero attached hydrogens (tertiary/aromatic N) is 3. The van der Waals surface area contributed by atoms with Gasteiger partial charge in [-0.05, 0) is 53.8 Å². The zero-order chi connectivity index (χ0) is 19.7. The van der Waals surface area contributed by atoms with Crippen LogP contribution in [0.2, 0.25) is 0 Å². The third-order valence-corrected chi connectivity index (χ3v) is 4.68. The number of carbonyl (C=O) groups excluding carboxylic acids is 1. The van der Waals surface area contributed by atoms with E-state index in [1.807, 2.05) is 58.5 Å². The molecule has 0 fully saturated rings. The molecular formula is C20H27N5O2. The van der Waals surface area contributed by atoms with Crippen LogP contribution < -0.4 is 10.6 Å². The lowest BCUT2D eigenvalue weighted by atomic mass is 10.1. The van der Waals surface area contributed by atoms with Gasteiger partial charge in [-0.2, -0.15) is 5.10 Å². The summed E-state index contributed by atoms with van der Waals surface area (Å²) in [6.07, 6.45) is 1.72. The molecule has 2 N–H and O–H groups in total. The first-order valence-corrected chi connectivity index (χ1v) is 9.23. The van der Waals surface area contributed by atoms with Crippen molar-refractivity contribution in [2.24, 2.45) is 0 Å². The van der Waals surface area contributed by atoms with Gasteiger partial charge in [0.05, 0.1) is 22.8 Å². The van der Waals surface area contributed by atoms with E-state index in [4.69, 9.17) is 9.40 Å². The van der Waals surface area contributed by atoms with Crippen molar-refractivity contribution in [1.82, 2.24) is 25.4 Å². The fourth-order valence-corrected chi connectivity index (χ4v) is 3.05. The number of nitrogens with one attached hydrogen (secondary N) is 2. The predicted octanol–water partition coefficient (Wildman–Crippen LogP) is 3.23. The van der Waals surface area contributed by atoms with Gasteiger partial charge in [0.15, 0.2) is 5.65 Å². The van der Waals surface area contributed by atoms with E-state index in [0.29, 0.717) is 23.4 Å². The lowest BCUT2D eigenvalue weighted by Crippen LogP contribution is -2.37. The summed E-state index contributed by atoms with van der Waals surface area (Å²) in [5.41, 5.74) is 2.88. The van der Waals surface area contributed by atoms with Gasteiger partial charge in [0.25, 0.3) is 5.91 Å². The largest absolute Gasteiger partial charge is 0.466 e. The highest BCUT2D eigenvalue weighted by Crippen LogP contribution is 2.30. The Balaban J connectivity index is 2.13. The van der Waals surface area contributed by atoms with Gasteiger partial charge in [0, 0.05) is 24.2 Å². The highest BCUT2D eigenvalue weighted by molar-refractivity contribution is 6.06. The molecule has 144 valence electrons. The van der Waals surface area contributed by atoms with Crippen molar-refractivity contribution < 1.29 is 9.21 Å². The molecule has 7 nitrogen and oxygen atoms in total. The van der Waals surface area contributed by atoms with Crippen LogP contribution in [0.15, 0.2) is 22.7 Å². The Labute approximate surface area is 159 Å². The fourth-order valence-electron chi connectivity index (χ4n) is 3.05. The van der Waals surface area contributed by atoms with Gasteiger partial charge in [-0.3, -0.25) is 4.79 Å². The number of likely N-dealkylation sites (N-methyl/N-ethyl adjacent to an activating group) is 1. The SMILES string of the molecule is CNC(C)CNC(=O)c1cc(-c2cc(C)oc2C)nc2c1cnn2C(C)C. The van der Waals surface area contributed by atoms with Crippen molar-refractivity contribution >= 4 is 16.9 Å². The minimum atomic E-state index is -0.132. The van der Waals surface area contributed by atoms with E-state index in [1.54, 1.807) is 6.20 Å². The summed E-state index contributed by atoms with van der Waals surface area (Å²) < 4.78 is 7.50. The molecule has 1 atom stereocenters. The van der Waals surface area contributed by atoms with Crippen molar-refractivity contribution in [2.75, 3.05) is 13.6 Å². The van der Waals surface area contributed by atoms with Crippen molar-refractivity contribution in [1.29, 1.82) is 0 Å². The van der Waals surface area contributed by atoms with Gasteiger partial charge in [0.1, 0.15) is 11.5 Å². The van der Waals surface area contributed by atoms with Gasteiger partial charge in [-0.1, -0.05) is 0 Å². The molecule has 0 spiro atoms. The predicted molar refractivity (Wildman–Crippen MR) is 106 cm³/mol. The molecule has 7 heteroatoms. The highest BCUT2D eigenvalue weighted by Gasteiger charge is 2.20. The maximum atomic E-state index is 12.9. The molecule has 3 aromatic heterocycles. The van der Waals surface area contributed by atoms with Crippen LogP contribution in [0.5, 0.6) is 0 Å². The van der Waals surface area contributed by atoms with Crippen LogP contribution in [0.3, 0.4) is 0 Å². The number of aromatic nitrogens is 3. The Morgan fingerprint density at radius 1 is 1.26 bits per heavy atom. The number of rotatable bonds is 6. The van der Waals surface area contributed by atoms with Crippen molar-refractivity contribution in [3.05, 3.63) is 35.4 Å². The topological polar surface area (TPSA) is 85.0 Å². The van der Waals surface area contributed by atoms with Gasteiger partial charge >= 0.3 is 0 Å². The summed E-state index contributed by atoms with van der Waals surface area (Å²) in [5, 5.41) is 11.3. The lowest BCUT2D eigenvalue weighted by Gasteiger charge is -2.13. The maximum absolute atomic E-state index is 12.9. The minimum Gasteiger partial charge on any atom is -0.466 e. The molecular weight excluding hydrogens is 342 g/mol. The zero-order valence-corrected chi connectivity index (χ0v) is 16.8. The summed E-state index contributed by atoms with van der Waals surface area (Å²) >= 11 is 0. The Bertz CT molecular complexity index is 970. The number of aryl methyl sites for hydroxylation is 2. The molecule has 3 aromatic rings. The molecule has 0 aliphatic rings. The molecule has 1 unspecified atom stereocenters. The number of amides is 1. The van der Waals surface area contributed by atoms with E-state index < -0.39 is 0 Å². The molecule has 1 amide bonds. The van der Waals surface area contributed by atoms with Gasteiger partial charge in [-0.25, -0.2) is 9.67 Å². The van der Waals surface area contributed by atoms with Crippen LogP contribution in [0.25, 0.3) is 22.3 Å². The van der Waals surface area contributed by atoms with Crippen molar-refractivity contribution in [2.45, 2.75) is 46.7 Å². The maximum Gasteiger partial charge on any atom is 0.252 e. The van der Waals surface area contributed by atoms with Gasteiger partial charge in [-0.15, -0.1) is 0 Å². The number of pyridine rings is 1. The normalized spacial score (nSPS) is 12.7. The number of hydrogen-bond donors (Lipinski definition) is 2. The standard InChI is InChI=1S/C20H27N5O2/c1-11(2)25-19-17(10-23-25)16(20(26)22-9-12(3)21-6)8-18(24-19)15-7-13(4)27-14(15)5/h7-8,10-12,21H,9H2,1-6H3,(H,22,26). The van der Waals surface area contributed by atoms with Crippen LogP contribution in [0.4, 0.5) is 0 Å². The number of furan rings is 1. The molecule has 27 heavy (non-hydrogen) atoms. The second-order valence-electron chi connectivity index (χ2n) is 7.20. The molecule has 0 aromatic carbocycles. The first-order valence-electron chi connectivity index (χ1n) is 9.23. The average molecular weight is 369 g/mol. The number of hydrogen-bond acceptors (Lipinski definition) is 5. The quantitative estimate of drug-likeness (QED) is 0.697. The van der Waals surface area contributed by atoms with Crippen LogP contribution in [-0.2, 0) is 0 Å². The third kappa shape index (κ3) is 3.73. The molecule has 3 rings (SSSR count). The number of carbonyl (C=O) groups is 1. The van der Waals surface area contributed by atoms with E-state index >= 15 is 0 Å². The average Bonchev–Trinajstić information content (AvgIpc) is 3.20. The van der Waals surface area contributed by atoms with Crippen molar-refractivity contribution in [3.63, 3.8) is 0 Å². The summed E-state index contributed by atoms with van der Waals surface area (Å²) in [7, 11) is 1.87. The molecule has 0 saturated heterocycles. The van der Waals surface area contributed by atoms with Crippen LogP contribution in [0, 0.1) is 13.8 Å². The molecule has 0 aliphatic carbocycles. The first kappa shape index (κ1) is 19.1. The minimum absolute atomic E-state index is 0.132. The molecule has 0 radical (unpaired) electrons. The van der Waals surface area contributed by atoms with E-state index in [2.05, 4.69) is 15.7 Å². The second-order valence-corrected chi connectivity index (χ2v) is 7.20. The molecule has 0 saturated carbocycles. The molecule has 0 bridgehead atoms. The third-order valence-electron chi connectivity index (χ3n) is 4.68. The van der Waals surface area contributed by atoms with Gasteiger partial charge in [0.2, 0.25) is 0 Å². The Hall–Kier alpha value is -2.67. The van der Waals surface area contributed by atoms with Crippen LogP contribution in [0.1, 0.15) is 48.7 Å². The Kier molecular flexibility index (Phi) is 5.32. The van der Waals surface area contributed by atoms with Crippen LogP contribution >= 0.6 is 0 Å². The highest BCUT2D eigenvalue weighted by atomic mass is 16.3. The van der Waals surface area contributed by atoms with Crippen LogP contribution in [-0.4, -0.2) is 40.3 Å². The lowest BCUT2D eigenvalue weighted by molar-refractivity contribution is 0.0952.